The number of para-hydroxylation sites is 1. The lowest BCUT2D eigenvalue weighted by molar-refractivity contribution is 0.579. The van der Waals surface area contributed by atoms with Crippen LogP contribution in [0.3, 0.4) is 0 Å². The summed E-state index contributed by atoms with van der Waals surface area (Å²) in [6, 6.07) is 8.40. The van der Waals surface area contributed by atoms with Gasteiger partial charge in [0.05, 0.1) is 10.2 Å². The maximum Gasteiger partial charge on any atom is 0.232 e. The summed E-state index contributed by atoms with van der Waals surface area (Å²) in [7, 11) is 0. The van der Waals surface area contributed by atoms with Gasteiger partial charge in [-0.25, -0.2) is 0 Å². The fourth-order valence-electron chi connectivity index (χ4n) is 2.44. The second-order valence-electron chi connectivity index (χ2n) is 4.42. The predicted octanol–water partition coefficient (Wildman–Crippen LogP) is 1.35. The van der Waals surface area contributed by atoms with Crippen molar-refractivity contribution in [3.63, 3.8) is 0 Å². The zero-order valence-corrected chi connectivity index (χ0v) is 10.7. The third kappa shape index (κ3) is 1.42. The van der Waals surface area contributed by atoms with Crippen LogP contribution in [0.25, 0.3) is 15.2 Å². The van der Waals surface area contributed by atoms with Crippen LogP contribution in [0.5, 0.6) is 0 Å². The molecule has 0 atom stereocenters. The van der Waals surface area contributed by atoms with Gasteiger partial charge in [0.25, 0.3) is 0 Å². The molecule has 0 unspecified atom stereocenters. The summed E-state index contributed by atoms with van der Waals surface area (Å²) < 4.78 is 3.43. The van der Waals surface area contributed by atoms with Crippen molar-refractivity contribution in [2.24, 2.45) is 0 Å². The van der Waals surface area contributed by atoms with Crippen LogP contribution in [0.4, 0.5) is 5.95 Å². The van der Waals surface area contributed by atoms with Gasteiger partial charge in [0.2, 0.25) is 10.9 Å². The largest absolute Gasteiger partial charge is 0.338 e. The van der Waals surface area contributed by atoms with Crippen LogP contribution < -0.4 is 10.2 Å². The van der Waals surface area contributed by atoms with Crippen LogP contribution in [0, 0.1) is 0 Å². The molecule has 2 aromatic heterocycles. The van der Waals surface area contributed by atoms with Crippen LogP contribution >= 0.6 is 11.3 Å². The highest BCUT2D eigenvalue weighted by molar-refractivity contribution is 7.23. The van der Waals surface area contributed by atoms with Gasteiger partial charge in [0.15, 0.2) is 0 Å². The number of piperazine rings is 1. The molecule has 0 radical (unpaired) electrons. The zero-order chi connectivity index (χ0) is 11.9. The zero-order valence-electron chi connectivity index (χ0n) is 9.83. The molecule has 1 fully saturated rings. The van der Waals surface area contributed by atoms with E-state index in [-0.39, 0.29) is 0 Å². The number of fused-ring (bicyclic) bond motifs is 3. The molecule has 6 heteroatoms. The first-order valence-electron chi connectivity index (χ1n) is 6.12. The number of aromatic nitrogens is 3. The molecule has 1 aliphatic heterocycles. The maximum atomic E-state index is 4.35. The van der Waals surface area contributed by atoms with Gasteiger partial charge in [-0.05, 0) is 12.1 Å². The van der Waals surface area contributed by atoms with E-state index >= 15 is 0 Å². The minimum Gasteiger partial charge on any atom is -0.338 e. The van der Waals surface area contributed by atoms with Gasteiger partial charge in [0, 0.05) is 26.2 Å². The number of anilines is 1. The van der Waals surface area contributed by atoms with Crippen molar-refractivity contribution < 1.29 is 0 Å². The SMILES string of the molecule is c1ccc2c(c1)sc1nnc(N3CCNCC3)n12. The molecule has 0 bridgehead atoms. The minimum absolute atomic E-state index is 0.976. The standard InChI is InChI=1S/C12H13N5S/c1-2-4-10-9(3-1)17-11(14-15-12(17)18-10)16-7-5-13-6-8-16/h1-4,13H,5-8H2. The van der Waals surface area contributed by atoms with Crippen molar-refractivity contribution >= 4 is 32.5 Å². The van der Waals surface area contributed by atoms with Crippen LogP contribution in [-0.2, 0) is 0 Å². The summed E-state index contributed by atoms with van der Waals surface area (Å²) in [4.78, 5) is 3.28. The average molecular weight is 259 g/mol. The lowest BCUT2D eigenvalue weighted by Crippen LogP contribution is -2.44. The summed E-state index contributed by atoms with van der Waals surface area (Å²) in [5.74, 6) is 0.976. The monoisotopic (exact) mass is 259 g/mol. The van der Waals surface area contributed by atoms with Crippen molar-refractivity contribution in [3.8, 4) is 0 Å². The van der Waals surface area contributed by atoms with Gasteiger partial charge in [-0.2, -0.15) is 0 Å². The number of nitrogens with zero attached hydrogens (tertiary/aromatic N) is 4. The van der Waals surface area contributed by atoms with E-state index in [2.05, 4.69) is 49.1 Å². The molecule has 0 spiro atoms. The summed E-state index contributed by atoms with van der Waals surface area (Å²) in [5, 5.41) is 12.0. The number of hydrogen-bond acceptors (Lipinski definition) is 5. The molecule has 5 nitrogen and oxygen atoms in total. The van der Waals surface area contributed by atoms with Gasteiger partial charge >= 0.3 is 0 Å². The smallest absolute Gasteiger partial charge is 0.232 e. The molecule has 0 saturated carbocycles. The molecule has 92 valence electrons. The molecule has 1 aromatic carbocycles. The third-order valence-corrected chi connectivity index (χ3v) is 4.34. The Morgan fingerprint density at radius 3 is 2.83 bits per heavy atom. The average Bonchev–Trinajstić information content (AvgIpc) is 2.98. The first-order chi connectivity index (χ1) is 8.93. The van der Waals surface area contributed by atoms with E-state index in [1.54, 1.807) is 11.3 Å². The Kier molecular flexibility index (Phi) is 2.24. The van der Waals surface area contributed by atoms with E-state index in [9.17, 15) is 0 Å². The Labute approximate surface area is 108 Å². The fraction of sp³-hybridized carbons (Fsp3) is 0.333. The van der Waals surface area contributed by atoms with Crippen molar-refractivity contribution in [2.45, 2.75) is 0 Å². The number of thiazole rings is 1. The molecule has 3 aromatic rings. The van der Waals surface area contributed by atoms with Gasteiger partial charge in [0.1, 0.15) is 0 Å². The summed E-state index contributed by atoms with van der Waals surface area (Å²) in [6.45, 7) is 4.00. The molecule has 1 saturated heterocycles. The van der Waals surface area contributed by atoms with Crippen LogP contribution in [-0.4, -0.2) is 40.8 Å². The quantitative estimate of drug-likeness (QED) is 0.716. The molecule has 0 amide bonds. The highest BCUT2D eigenvalue weighted by atomic mass is 32.1. The molecule has 0 aliphatic carbocycles. The highest BCUT2D eigenvalue weighted by Crippen LogP contribution is 2.28. The van der Waals surface area contributed by atoms with E-state index in [0.29, 0.717) is 0 Å². The Bertz CT molecular complexity index is 695. The fourth-order valence-corrected chi connectivity index (χ4v) is 3.40. The van der Waals surface area contributed by atoms with Gasteiger partial charge in [-0.3, -0.25) is 4.40 Å². The van der Waals surface area contributed by atoms with Crippen LogP contribution in [0.15, 0.2) is 24.3 Å². The van der Waals surface area contributed by atoms with E-state index in [0.717, 1.165) is 37.1 Å². The second-order valence-corrected chi connectivity index (χ2v) is 5.43. The van der Waals surface area contributed by atoms with Crippen molar-refractivity contribution in [1.29, 1.82) is 0 Å². The van der Waals surface area contributed by atoms with E-state index < -0.39 is 0 Å². The molecule has 4 rings (SSSR count). The summed E-state index contributed by atoms with van der Waals surface area (Å²) in [6.07, 6.45) is 0. The number of rotatable bonds is 1. The Morgan fingerprint density at radius 2 is 1.94 bits per heavy atom. The molecule has 1 N–H and O–H groups in total. The van der Waals surface area contributed by atoms with Crippen LogP contribution in [0.2, 0.25) is 0 Å². The van der Waals surface area contributed by atoms with Gasteiger partial charge < -0.3 is 10.2 Å². The summed E-state index contributed by atoms with van der Waals surface area (Å²) >= 11 is 1.69. The lowest BCUT2D eigenvalue weighted by Gasteiger charge is -2.26. The molecular formula is C12H13N5S. The van der Waals surface area contributed by atoms with E-state index in [1.807, 2.05) is 0 Å². The van der Waals surface area contributed by atoms with Crippen LogP contribution in [0.1, 0.15) is 0 Å². The number of benzene rings is 1. The van der Waals surface area contributed by atoms with Gasteiger partial charge in [-0.15, -0.1) is 10.2 Å². The Balaban J connectivity index is 1.94. The first-order valence-corrected chi connectivity index (χ1v) is 6.93. The summed E-state index contributed by atoms with van der Waals surface area (Å²) in [5.41, 5.74) is 1.20. The predicted molar refractivity (Wildman–Crippen MR) is 73.5 cm³/mol. The first kappa shape index (κ1) is 10.3. The van der Waals surface area contributed by atoms with Crippen molar-refractivity contribution in [2.75, 3.05) is 31.1 Å². The van der Waals surface area contributed by atoms with Crippen molar-refractivity contribution in [3.05, 3.63) is 24.3 Å². The molecular weight excluding hydrogens is 246 g/mol. The molecule has 3 heterocycles. The highest BCUT2D eigenvalue weighted by Gasteiger charge is 2.19. The number of nitrogens with one attached hydrogen (secondary N) is 1. The van der Waals surface area contributed by atoms with Gasteiger partial charge in [-0.1, -0.05) is 23.5 Å². The van der Waals surface area contributed by atoms with Crippen molar-refractivity contribution in [1.82, 2.24) is 19.9 Å². The van der Waals surface area contributed by atoms with E-state index in [1.165, 1.54) is 10.2 Å². The minimum atomic E-state index is 0.976. The lowest BCUT2D eigenvalue weighted by atomic mass is 10.3. The topological polar surface area (TPSA) is 45.5 Å². The normalized spacial score (nSPS) is 16.8. The third-order valence-electron chi connectivity index (χ3n) is 3.32. The molecule has 18 heavy (non-hydrogen) atoms. The second kappa shape index (κ2) is 3.93. The Morgan fingerprint density at radius 1 is 1.11 bits per heavy atom. The maximum absolute atomic E-state index is 4.35. The van der Waals surface area contributed by atoms with E-state index in [4.69, 9.17) is 0 Å². The number of hydrogen-bond donors (Lipinski definition) is 1. The Hall–Kier alpha value is -1.66. The molecule has 1 aliphatic rings.